The Labute approximate surface area is 291 Å². The van der Waals surface area contributed by atoms with Crippen LogP contribution in [-0.4, -0.2) is 62.8 Å². The Balaban J connectivity index is 1.38. The number of rotatable bonds is 3. The van der Waals surface area contributed by atoms with Crippen molar-refractivity contribution in [1.29, 1.82) is 0 Å². The van der Waals surface area contributed by atoms with Gasteiger partial charge in [0.15, 0.2) is 5.78 Å². The van der Waals surface area contributed by atoms with Crippen molar-refractivity contribution in [1.82, 2.24) is 9.47 Å². The van der Waals surface area contributed by atoms with Crippen LogP contribution in [-0.2, 0) is 21.4 Å². The molecule has 1 aromatic carbocycles. The van der Waals surface area contributed by atoms with Gasteiger partial charge in [0, 0.05) is 47.5 Å². The Hall–Kier alpha value is -3.00. The Morgan fingerprint density at radius 3 is 2.43 bits per heavy atom. The Kier molecular flexibility index (Phi) is 6.67. The fraction of sp³-hybridized carbons (Fsp3) is 0.619. The predicted octanol–water partition coefficient (Wildman–Crippen LogP) is 7.24. The number of hydrogen-bond acceptors (Lipinski definition) is 5. The molecular weight excluding hydrogens is 612 g/mol. The van der Waals surface area contributed by atoms with Gasteiger partial charge in [-0.3, -0.25) is 9.59 Å². The first-order chi connectivity index (χ1) is 22.7. The van der Waals surface area contributed by atoms with Crippen LogP contribution < -0.4 is 0 Å². The number of nitrogens with zero attached hydrogens (tertiary/aromatic N) is 2. The molecule has 0 bridgehead atoms. The van der Waals surface area contributed by atoms with Crippen molar-refractivity contribution in [3.63, 3.8) is 0 Å². The third-order valence-corrected chi connectivity index (χ3v) is 14.6. The van der Waals surface area contributed by atoms with Gasteiger partial charge in [-0.15, -0.1) is 0 Å². The van der Waals surface area contributed by atoms with E-state index >= 15 is 0 Å². The number of aromatic nitrogens is 1. The minimum Gasteiger partial charge on any atom is -0.392 e. The second-order valence-corrected chi connectivity index (χ2v) is 18.4. The zero-order chi connectivity index (χ0) is 35.5. The van der Waals surface area contributed by atoms with Crippen molar-refractivity contribution in [2.24, 2.45) is 28.6 Å². The number of aliphatic hydroxyl groups excluding tert-OH is 2. The Morgan fingerprint density at radius 2 is 1.78 bits per heavy atom. The van der Waals surface area contributed by atoms with Gasteiger partial charge in [0.1, 0.15) is 6.04 Å². The number of benzene rings is 1. The maximum absolute atomic E-state index is 14.8. The van der Waals surface area contributed by atoms with E-state index in [0.717, 1.165) is 58.9 Å². The average Bonchev–Trinajstić information content (AvgIpc) is 3.66. The van der Waals surface area contributed by atoms with E-state index in [4.69, 9.17) is 4.74 Å². The highest BCUT2D eigenvalue weighted by atomic mass is 16.5. The number of carbonyl (C=O) groups excluding carboxylic acids is 2. The van der Waals surface area contributed by atoms with Gasteiger partial charge in [-0.05, 0) is 119 Å². The normalized spacial score (nSPS) is 39.3. The second-order valence-electron chi connectivity index (χ2n) is 18.4. The van der Waals surface area contributed by atoms with Crippen molar-refractivity contribution in [2.45, 2.75) is 122 Å². The lowest BCUT2D eigenvalue weighted by atomic mass is 9.40. The SMILES string of the molecule is C=C(C)[C@H]1C(=O)c2c3c(cc4c5c(n1c24)[C@@]1(C)C(CC[C@H]2[C@](C)(/C=C/C(=O)N(C)C)[C@@H](O)CC[C@@]21C)C5)C1=CC(C)(C)OC(C)(C)C1[C@@H]3O. The third-order valence-electron chi connectivity index (χ3n) is 14.6. The van der Waals surface area contributed by atoms with Crippen LogP contribution >= 0.6 is 0 Å². The van der Waals surface area contributed by atoms with Gasteiger partial charge < -0.3 is 24.4 Å². The quantitative estimate of drug-likeness (QED) is 0.266. The topological polar surface area (TPSA) is 92.0 Å². The first-order valence-electron chi connectivity index (χ1n) is 18.3. The lowest BCUT2D eigenvalue weighted by Crippen LogP contribution is -2.62. The molecule has 2 aliphatic heterocycles. The number of carbonyl (C=O) groups is 2. The molecule has 0 radical (unpaired) electrons. The third kappa shape index (κ3) is 3.90. The van der Waals surface area contributed by atoms with Crippen LogP contribution in [0.2, 0.25) is 0 Å². The smallest absolute Gasteiger partial charge is 0.245 e. The van der Waals surface area contributed by atoms with E-state index in [2.05, 4.69) is 71.8 Å². The molecule has 4 aliphatic carbocycles. The van der Waals surface area contributed by atoms with Crippen LogP contribution in [0, 0.1) is 28.6 Å². The van der Waals surface area contributed by atoms with E-state index in [-0.39, 0.29) is 34.4 Å². The monoisotopic (exact) mass is 666 g/mol. The number of ether oxygens (including phenoxy) is 1. The predicted molar refractivity (Wildman–Crippen MR) is 192 cm³/mol. The lowest BCUT2D eigenvalue weighted by molar-refractivity contribution is -0.145. The van der Waals surface area contributed by atoms with Crippen LogP contribution in [0.1, 0.15) is 126 Å². The molecule has 9 atom stereocenters. The summed E-state index contributed by atoms with van der Waals surface area (Å²) in [6.07, 6.45) is 8.87. The molecule has 2 N–H and O–H groups in total. The van der Waals surface area contributed by atoms with Gasteiger partial charge in [-0.2, -0.15) is 0 Å². The lowest BCUT2D eigenvalue weighted by Gasteiger charge is -2.64. The maximum atomic E-state index is 14.8. The van der Waals surface area contributed by atoms with Crippen molar-refractivity contribution in [2.75, 3.05) is 14.1 Å². The molecule has 2 fully saturated rings. The molecule has 8 rings (SSSR count). The summed E-state index contributed by atoms with van der Waals surface area (Å²) in [5.74, 6) is 0.207. The molecule has 1 amide bonds. The van der Waals surface area contributed by atoms with Crippen molar-refractivity contribution in [3.8, 4) is 0 Å². The van der Waals surface area contributed by atoms with E-state index in [9.17, 15) is 19.8 Å². The number of ketones is 1. The minimum atomic E-state index is -0.852. The summed E-state index contributed by atoms with van der Waals surface area (Å²) in [5.41, 5.74) is 5.65. The van der Waals surface area contributed by atoms with Crippen LogP contribution in [0.3, 0.4) is 0 Å². The molecule has 6 aliphatic rings. The minimum absolute atomic E-state index is 0.0297. The summed E-state index contributed by atoms with van der Waals surface area (Å²) >= 11 is 0. The Morgan fingerprint density at radius 1 is 1.08 bits per heavy atom. The molecule has 2 unspecified atom stereocenters. The van der Waals surface area contributed by atoms with Crippen LogP contribution in [0.15, 0.2) is 36.4 Å². The average molecular weight is 667 g/mol. The molecule has 0 spiro atoms. The van der Waals surface area contributed by atoms with Gasteiger partial charge in [0.25, 0.3) is 0 Å². The molecule has 49 heavy (non-hydrogen) atoms. The van der Waals surface area contributed by atoms with E-state index in [1.54, 1.807) is 25.1 Å². The molecule has 0 saturated heterocycles. The van der Waals surface area contributed by atoms with Gasteiger partial charge in [0.2, 0.25) is 5.91 Å². The van der Waals surface area contributed by atoms with Gasteiger partial charge in [-0.1, -0.05) is 39.0 Å². The van der Waals surface area contributed by atoms with Crippen LogP contribution in [0.5, 0.6) is 0 Å². The summed E-state index contributed by atoms with van der Waals surface area (Å²) in [6, 6.07) is 1.77. The highest BCUT2D eigenvalue weighted by Gasteiger charge is 2.68. The van der Waals surface area contributed by atoms with E-state index in [1.807, 2.05) is 13.0 Å². The standard InChI is InChI=1S/C42H54N2O5/c1-21(2)33-36(48)31-30-23(26-20-38(3,4)49-39(5,6)32(26)35(30)47)19-24-25-18-22-12-13-27-40(7,16-15-29(46)43(10)11)28(45)14-17-41(27,8)42(22,9)37(25)44(33)34(24)31/h15-16,19-20,22,27-28,32-33,35,45,47H,1,12-14,17-18H2,2-11H3/b16-15+/t22?,27-,28-,32?,33-,35+,40-,41-,42+/m0/s1. The van der Waals surface area contributed by atoms with E-state index in [0.29, 0.717) is 17.9 Å². The second kappa shape index (κ2) is 9.86. The summed E-state index contributed by atoms with van der Waals surface area (Å²) in [4.78, 5) is 29.2. The largest absolute Gasteiger partial charge is 0.392 e. The van der Waals surface area contributed by atoms with E-state index in [1.165, 1.54) is 11.3 Å². The molecule has 7 nitrogen and oxygen atoms in total. The first-order valence-corrected chi connectivity index (χ1v) is 18.3. The molecule has 7 heteroatoms. The molecule has 1 aromatic heterocycles. The molecule has 3 heterocycles. The first kappa shape index (κ1) is 33.2. The molecule has 2 saturated carbocycles. The molecular formula is C42H54N2O5. The number of allylic oxidation sites excluding steroid dienone is 1. The van der Waals surface area contributed by atoms with Crippen molar-refractivity contribution >= 4 is 28.2 Å². The number of fused-ring (bicyclic) bond motifs is 11. The summed E-state index contributed by atoms with van der Waals surface area (Å²) in [7, 11) is 3.51. The fourth-order valence-corrected chi connectivity index (χ4v) is 12.5. The van der Waals surface area contributed by atoms with Crippen molar-refractivity contribution in [3.05, 3.63) is 64.4 Å². The molecule has 2 aromatic rings. The van der Waals surface area contributed by atoms with E-state index < -0.39 is 34.9 Å². The fourth-order valence-electron chi connectivity index (χ4n) is 12.5. The van der Waals surface area contributed by atoms with Gasteiger partial charge >= 0.3 is 0 Å². The highest BCUT2D eigenvalue weighted by Crippen LogP contribution is 2.71. The molecule has 262 valence electrons. The summed E-state index contributed by atoms with van der Waals surface area (Å²) in [6.45, 7) is 21.6. The number of hydrogen-bond donors (Lipinski definition) is 2. The van der Waals surface area contributed by atoms with Crippen LogP contribution in [0.4, 0.5) is 0 Å². The highest BCUT2D eigenvalue weighted by molar-refractivity contribution is 6.18. The maximum Gasteiger partial charge on any atom is 0.245 e. The zero-order valence-corrected chi connectivity index (χ0v) is 31.0. The summed E-state index contributed by atoms with van der Waals surface area (Å²) in [5, 5.41) is 24.9. The number of aliphatic hydroxyl groups is 2. The van der Waals surface area contributed by atoms with Crippen LogP contribution in [0.25, 0.3) is 16.5 Å². The van der Waals surface area contributed by atoms with Gasteiger partial charge in [-0.25, -0.2) is 0 Å². The summed E-state index contributed by atoms with van der Waals surface area (Å²) < 4.78 is 8.87. The van der Waals surface area contributed by atoms with Gasteiger partial charge in [0.05, 0.1) is 34.5 Å². The number of likely N-dealkylation sites (N-methyl/N-ethyl adjacent to an activating group) is 1. The Bertz CT molecular complexity index is 1940. The van der Waals surface area contributed by atoms with Crippen molar-refractivity contribution < 1.29 is 24.5 Å². The zero-order valence-electron chi connectivity index (χ0n) is 31.0. The number of Topliss-reactive ketones (excluding diaryl/α,β-unsaturated/α-hetero) is 1. The number of amides is 1.